The van der Waals surface area contributed by atoms with Gasteiger partial charge in [-0.05, 0) is 63.8 Å². The van der Waals surface area contributed by atoms with Gasteiger partial charge in [0.25, 0.3) is 0 Å². The van der Waals surface area contributed by atoms with E-state index >= 15 is 0 Å². The maximum absolute atomic E-state index is 13.4. The maximum atomic E-state index is 13.4. The third-order valence-electron chi connectivity index (χ3n) is 8.18. The van der Waals surface area contributed by atoms with Crippen molar-refractivity contribution in [1.82, 2.24) is 20.9 Å². The zero-order valence-electron chi connectivity index (χ0n) is 20.3. The van der Waals surface area contributed by atoms with Gasteiger partial charge in [0.05, 0.1) is 18.8 Å². The number of ether oxygens (including phenoxy) is 1. The molecular weight excluding hydrogens is 485 g/mol. The lowest BCUT2D eigenvalue weighted by atomic mass is 9.67. The topological polar surface area (TPSA) is 140 Å². The summed E-state index contributed by atoms with van der Waals surface area (Å²) in [4.78, 5) is 40.3. The van der Waals surface area contributed by atoms with Gasteiger partial charge >= 0.3 is 18.2 Å². The number of halogens is 3. The van der Waals surface area contributed by atoms with Crippen molar-refractivity contribution in [3.8, 4) is 0 Å². The number of carbonyl (C=O) groups excluding carboxylic acids is 3. The molecule has 2 heterocycles. The highest BCUT2D eigenvalue weighted by atomic mass is 19.4. The molecule has 0 aromatic carbocycles. The summed E-state index contributed by atoms with van der Waals surface area (Å²) >= 11 is 0. The molecule has 5 atom stereocenters. The molecule has 4 aliphatic rings. The standard InChI is InChI=1S/C23H35F3N4O6/c1-21(6-7-21)29-19(34)20(35)30-12-22(4-2-5-22)10-15(30)18(33)28-14(9-13-3-8-27-17(13)32)16(31)11-36-23(24,25)26/h13-17,27,31-32H,2-12H2,1H3,(H,28,33)(H,29,34)/t13-,14-,15-,16?,17?/m0/s1. The van der Waals surface area contributed by atoms with E-state index in [0.29, 0.717) is 19.4 Å². The van der Waals surface area contributed by atoms with Crippen LogP contribution in [0.25, 0.3) is 0 Å². The van der Waals surface area contributed by atoms with Crippen LogP contribution in [-0.2, 0) is 19.1 Å². The first-order valence-electron chi connectivity index (χ1n) is 12.5. The van der Waals surface area contributed by atoms with Gasteiger partial charge in [-0.1, -0.05) is 6.42 Å². The minimum absolute atomic E-state index is 0.00689. The Morgan fingerprint density at radius 1 is 1.22 bits per heavy atom. The molecule has 2 aliphatic carbocycles. The highest BCUT2D eigenvalue weighted by Crippen LogP contribution is 2.50. The Kier molecular flexibility index (Phi) is 7.58. The normalized spacial score (nSPS) is 29.9. The van der Waals surface area contributed by atoms with Crippen molar-refractivity contribution in [2.24, 2.45) is 11.3 Å². The van der Waals surface area contributed by atoms with E-state index < -0.39 is 66.6 Å². The Balaban J connectivity index is 1.47. The van der Waals surface area contributed by atoms with E-state index in [9.17, 15) is 37.8 Å². The first-order chi connectivity index (χ1) is 16.8. The number of carbonyl (C=O) groups is 3. The molecule has 2 aliphatic heterocycles. The average Bonchev–Trinajstić information content (AvgIpc) is 3.18. The lowest BCUT2D eigenvalue weighted by molar-refractivity contribution is -0.331. The molecule has 4 rings (SSSR count). The van der Waals surface area contributed by atoms with Gasteiger partial charge in [-0.25, -0.2) is 0 Å². The van der Waals surface area contributed by atoms with E-state index in [2.05, 4.69) is 20.7 Å². The molecule has 2 saturated carbocycles. The van der Waals surface area contributed by atoms with Gasteiger partial charge in [0, 0.05) is 18.0 Å². The summed E-state index contributed by atoms with van der Waals surface area (Å²) in [7, 11) is 0. The number of nitrogens with one attached hydrogen (secondary N) is 3. The molecule has 13 heteroatoms. The monoisotopic (exact) mass is 520 g/mol. The van der Waals surface area contributed by atoms with Crippen LogP contribution < -0.4 is 16.0 Å². The molecule has 0 radical (unpaired) electrons. The maximum Gasteiger partial charge on any atom is 0.522 e. The number of alkyl halides is 3. The summed E-state index contributed by atoms with van der Waals surface area (Å²) in [6.45, 7) is 1.48. The molecular formula is C23H35F3N4O6. The Morgan fingerprint density at radius 3 is 2.44 bits per heavy atom. The predicted molar refractivity (Wildman–Crippen MR) is 119 cm³/mol. The fourth-order valence-corrected chi connectivity index (χ4v) is 5.51. The third-order valence-corrected chi connectivity index (χ3v) is 8.18. The molecule has 1 spiro atoms. The van der Waals surface area contributed by atoms with E-state index in [1.54, 1.807) is 0 Å². The van der Waals surface area contributed by atoms with Crippen molar-refractivity contribution in [1.29, 1.82) is 0 Å². The summed E-state index contributed by atoms with van der Waals surface area (Å²) in [5, 5.41) is 28.7. The SMILES string of the molecule is CC1(NC(=O)C(=O)N2CC3(CCC3)C[C@H]2C(=O)N[C@@H](C[C@@H]2CCNC2O)C(O)COC(F)(F)F)CC1. The average molecular weight is 521 g/mol. The smallest absolute Gasteiger partial charge is 0.389 e. The highest BCUT2D eigenvalue weighted by Gasteiger charge is 2.53. The van der Waals surface area contributed by atoms with Crippen LogP contribution in [0.15, 0.2) is 0 Å². The van der Waals surface area contributed by atoms with Crippen molar-refractivity contribution in [2.75, 3.05) is 19.7 Å². The molecule has 0 aromatic heterocycles. The number of hydrogen-bond donors (Lipinski definition) is 5. The van der Waals surface area contributed by atoms with Gasteiger partial charge in [0.2, 0.25) is 5.91 Å². The Morgan fingerprint density at radius 2 is 1.92 bits per heavy atom. The molecule has 4 fully saturated rings. The van der Waals surface area contributed by atoms with Gasteiger partial charge < -0.3 is 25.7 Å². The lowest BCUT2D eigenvalue weighted by Gasteiger charge is -2.37. The Bertz CT molecular complexity index is 863. The van der Waals surface area contributed by atoms with Crippen LogP contribution in [0.5, 0.6) is 0 Å². The van der Waals surface area contributed by atoms with Gasteiger partial charge in [-0.3, -0.25) is 24.4 Å². The van der Waals surface area contributed by atoms with Gasteiger partial charge in [-0.2, -0.15) is 0 Å². The van der Waals surface area contributed by atoms with E-state index in [1.165, 1.54) is 4.90 Å². The molecule has 5 N–H and O–H groups in total. The van der Waals surface area contributed by atoms with Crippen LogP contribution in [-0.4, -0.2) is 88.8 Å². The summed E-state index contributed by atoms with van der Waals surface area (Å²) in [6, 6.07) is -2.14. The van der Waals surface area contributed by atoms with Crippen molar-refractivity contribution in [2.45, 2.75) is 94.6 Å². The lowest BCUT2D eigenvalue weighted by Crippen LogP contribution is -2.56. The number of aliphatic hydroxyl groups is 2. The van der Waals surface area contributed by atoms with E-state index in [0.717, 1.165) is 32.1 Å². The summed E-state index contributed by atoms with van der Waals surface area (Å²) in [6.07, 6.45) is -2.63. The summed E-state index contributed by atoms with van der Waals surface area (Å²) in [5.74, 6) is -2.63. The van der Waals surface area contributed by atoms with Crippen LogP contribution in [0.2, 0.25) is 0 Å². The van der Waals surface area contributed by atoms with Crippen LogP contribution >= 0.6 is 0 Å². The van der Waals surface area contributed by atoms with E-state index in [4.69, 9.17) is 0 Å². The Hall–Kier alpha value is -1.96. The van der Waals surface area contributed by atoms with Crippen molar-refractivity contribution < 1.29 is 42.5 Å². The van der Waals surface area contributed by atoms with Crippen LogP contribution in [0.3, 0.4) is 0 Å². The third kappa shape index (κ3) is 6.29. The van der Waals surface area contributed by atoms with Crippen LogP contribution in [0.1, 0.15) is 58.3 Å². The van der Waals surface area contributed by atoms with Crippen molar-refractivity contribution >= 4 is 17.7 Å². The van der Waals surface area contributed by atoms with Gasteiger partial charge in [0.15, 0.2) is 0 Å². The highest BCUT2D eigenvalue weighted by molar-refractivity contribution is 6.35. The first-order valence-corrected chi connectivity index (χ1v) is 12.5. The van der Waals surface area contributed by atoms with Crippen molar-refractivity contribution in [3.63, 3.8) is 0 Å². The quantitative estimate of drug-likeness (QED) is 0.287. The zero-order valence-corrected chi connectivity index (χ0v) is 20.3. The second kappa shape index (κ2) is 10.1. The van der Waals surface area contributed by atoms with E-state index in [1.807, 2.05) is 6.92 Å². The molecule has 2 unspecified atom stereocenters. The molecule has 10 nitrogen and oxygen atoms in total. The molecule has 36 heavy (non-hydrogen) atoms. The number of nitrogens with zero attached hydrogens (tertiary/aromatic N) is 1. The number of likely N-dealkylation sites (tertiary alicyclic amines) is 1. The predicted octanol–water partition coefficient (Wildman–Crippen LogP) is 0.126. The van der Waals surface area contributed by atoms with Crippen LogP contribution in [0.4, 0.5) is 13.2 Å². The van der Waals surface area contributed by atoms with Gasteiger partial charge in [0.1, 0.15) is 12.3 Å². The fraction of sp³-hybridized carbons (Fsp3) is 0.870. The largest absolute Gasteiger partial charge is 0.522 e. The zero-order chi connectivity index (χ0) is 26.3. The summed E-state index contributed by atoms with van der Waals surface area (Å²) < 4.78 is 41.5. The second-order valence-electron chi connectivity index (χ2n) is 11.1. The molecule has 0 bridgehead atoms. The number of amides is 3. The van der Waals surface area contributed by atoms with Crippen molar-refractivity contribution in [3.05, 3.63) is 0 Å². The molecule has 3 amide bonds. The summed E-state index contributed by atoms with van der Waals surface area (Å²) in [5.41, 5.74) is -0.678. The van der Waals surface area contributed by atoms with Crippen LogP contribution in [0, 0.1) is 11.3 Å². The molecule has 204 valence electrons. The number of rotatable bonds is 8. The minimum atomic E-state index is -4.96. The Labute approximate surface area is 207 Å². The molecule has 0 aromatic rings. The minimum Gasteiger partial charge on any atom is -0.389 e. The molecule has 2 saturated heterocycles. The number of aliphatic hydroxyl groups excluding tert-OH is 2. The number of hydrogen-bond acceptors (Lipinski definition) is 7. The second-order valence-corrected chi connectivity index (χ2v) is 11.1. The van der Waals surface area contributed by atoms with E-state index in [-0.39, 0.29) is 18.4 Å². The fourth-order valence-electron chi connectivity index (χ4n) is 5.51. The first kappa shape index (κ1) is 27.1. The van der Waals surface area contributed by atoms with Gasteiger partial charge in [-0.15, -0.1) is 13.2 Å².